The lowest BCUT2D eigenvalue weighted by Crippen LogP contribution is -2.47. The van der Waals surface area contributed by atoms with Crippen LogP contribution >= 0.6 is 23.1 Å². The molecule has 232 valence electrons. The summed E-state index contributed by atoms with van der Waals surface area (Å²) in [5.41, 5.74) is 2.05. The summed E-state index contributed by atoms with van der Waals surface area (Å²) in [6.07, 6.45) is 1.09. The molecule has 7 nitrogen and oxygen atoms in total. The third kappa shape index (κ3) is 7.02. The van der Waals surface area contributed by atoms with Crippen LogP contribution in [0.25, 0.3) is 10.1 Å². The fourth-order valence-electron chi connectivity index (χ4n) is 6.59. The van der Waals surface area contributed by atoms with E-state index in [-0.39, 0.29) is 29.6 Å². The van der Waals surface area contributed by atoms with Crippen LogP contribution in [0, 0.1) is 16.7 Å². The summed E-state index contributed by atoms with van der Waals surface area (Å²) < 4.78 is 12.1. The van der Waals surface area contributed by atoms with E-state index in [1.807, 2.05) is 33.8 Å². The molecule has 9 heteroatoms. The van der Waals surface area contributed by atoms with Crippen LogP contribution in [0.15, 0.2) is 36.4 Å². The van der Waals surface area contributed by atoms with Gasteiger partial charge in [-0.1, -0.05) is 64.4 Å². The van der Waals surface area contributed by atoms with E-state index in [4.69, 9.17) is 20.7 Å². The number of halogens is 1. The lowest BCUT2D eigenvalue weighted by Gasteiger charge is -2.36. The zero-order chi connectivity index (χ0) is 31.1. The van der Waals surface area contributed by atoms with Crippen molar-refractivity contribution < 1.29 is 14.3 Å². The molecule has 1 atom stereocenters. The maximum Gasteiger partial charge on any atom is 0.313 e. The molecule has 0 aliphatic carbocycles. The van der Waals surface area contributed by atoms with Gasteiger partial charge in [-0.15, -0.1) is 0 Å². The van der Waals surface area contributed by atoms with E-state index in [1.165, 1.54) is 10.1 Å². The summed E-state index contributed by atoms with van der Waals surface area (Å²) in [6.45, 7) is 18.9. The minimum absolute atomic E-state index is 0.0282. The van der Waals surface area contributed by atoms with Crippen LogP contribution in [-0.4, -0.2) is 60.1 Å². The summed E-state index contributed by atoms with van der Waals surface area (Å²) in [4.78, 5) is 33.2. The molecule has 2 aliphatic rings. The highest BCUT2D eigenvalue weighted by atomic mass is 35.5. The molecule has 1 unspecified atom stereocenters. The molecule has 1 aromatic heterocycles. The van der Waals surface area contributed by atoms with Gasteiger partial charge in [-0.2, -0.15) is 4.37 Å². The molecule has 1 fully saturated rings. The van der Waals surface area contributed by atoms with Crippen molar-refractivity contribution in [2.45, 2.75) is 74.0 Å². The Bertz CT molecular complexity index is 1490. The Hall–Kier alpha value is -2.68. The number of anilines is 2. The molecule has 1 saturated heterocycles. The van der Waals surface area contributed by atoms with Gasteiger partial charge >= 0.3 is 5.97 Å². The molecule has 3 heterocycles. The second-order valence-electron chi connectivity index (χ2n) is 14.3. The number of hydrogen-bond donors (Lipinski definition) is 0. The van der Waals surface area contributed by atoms with Gasteiger partial charge in [0.15, 0.2) is 6.23 Å². The van der Waals surface area contributed by atoms with E-state index >= 15 is 0 Å². The number of fused-ring (bicyclic) bond motifs is 2. The van der Waals surface area contributed by atoms with Crippen LogP contribution in [0.5, 0.6) is 0 Å². The second-order valence-corrected chi connectivity index (χ2v) is 15.5. The van der Waals surface area contributed by atoms with E-state index in [1.54, 1.807) is 16.4 Å². The van der Waals surface area contributed by atoms with Crippen LogP contribution in [0.1, 0.15) is 66.0 Å². The molecule has 0 radical (unpaired) electrons. The van der Waals surface area contributed by atoms with E-state index in [0.717, 1.165) is 61.8 Å². The predicted molar refractivity (Wildman–Crippen MR) is 177 cm³/mol. The first kappa shape index (κ1) is 31.7. The van der Waals surface area contributed by atoms with Crippen LogP contribution in [0.3, 0.4) is 0 Å². The van der Waals surface area contributed by atoms with Crippen LogP contribution < -0.4 is 9.80 Å². The quantitative estimate of drug-likeness (QED) is 0.235. The number of ether oxygens (including phenoxy) is 1. The minimum Gasteiger partial charge on any atom is -0.440 e. The highest BCUT2D eigenvalue weighted by molar-refractivity contribution is 7.13. The van der Waals surface area contributed by atoms with Crippen molar-refractivity contribution in [1.29, 1.82) is 0 Å². The van der Waals surface area contributed by atoms with Crippen LogP contribution in [-0.2, 0) is 27.2 Å². The Kier molecular flexibility index (Phi) is 9.13. The average molecular weight is 625 g/mol. The fraction of sp³-hybridized carbons (Fsp3) is 0.559. The van der Waals surface area contributed by atoms with Gasteiger partial charge < -0.3 is 9.64 Å². The largest absolute Gasteiger partial charge is 0.440 e. The van der Waals surface area contributed by atoms with Gasteiger partial charge in [-0.05, 0) is 73.0 Å². The summed E-state index contributed by atoms with van der Waals surface area (Å²) in [5, 5.41) is 1.88. The Balaban J connectivity index is 1.23. The van der Waals surface area contributed by atoms with Crippen molar-refractivity contribution in [1.82, 2.24) is 9.27 Å². The normalized spacial score (nSPS) is 17.2. The number of rotatable bonds is 9. The molecule has 0 saturated carbocycles. The molecule has 0 bridgehead atoms. The minimum atomic E-state index is -0.687. The van der Waals surface area contributed by atoms with Crippen molar-refractivity contribution in [2.24, 2.45) is 16.7 Å². The van der Waals surface area contributed by atoms with Crippen LogP contribution in [0.4, 0.5) is 11.5 Å². The summed E-state index contributed by atoms with van der Waals surface area (Å²) in [5.74, 6) is 0.671. The van der Waals surface area contributed by atoms with Crippen LogP contribution in [0.2, 0.25) is 5.02 Å². The Morgan fingerprint density at radius 2 is 1.77 bits per heavy atom. The first-order valence-corrected chi connectivity index (χ1v) is 16.5. The van der Waals surface area contributed by atoms with Crippen molar-refractivity contribution in [2.75, 3.05) is 42.5 Å². The number of amides is 1. The monoisotopic (exact) mass is 624 g/mol. The van der Waals surface area contributed by atoms with Gasteiger partial charge in [0.25, 0.3) is 0 Å². The van der Waals surface area contributed by atoms with Gasteiger partial charge in [0.2, 0.25) is 5.91 Å². The Morgan fingerprint density at radius 1 is 1.07 bits per heavy atom. The number of hydrogen-bond acceptors (Lipinski definition) is 7. The number of carbonyl (C=O) groups is 2. The molecule has 2 aromatic carbocycles. The molecular weight excluding hydrogens is 580 g/mol. The zero-order valence-corrected chi connectivity index (χ0v) is 28.1. The van der Waals surface area contributed by atoms with Crippen molar-refractivity contribution >= 4 is 56.6 Å². The lowest BCUT2D eigenvalue weighted by molar-refractivity contribution is -0.164. The molecule has 1 amide bonds. The van der Waals surface area contributed by atoms with Gasteiger partial charge in [-0.25, -0.2) is 0 Å². The molecular formula is C34H45ClN4O3S. The highest BCUT2D eigenvalue weighted by Crippen LogP contribution is 2.39. The first-order chi connectivity index (χ1) is 20.2. The van der Waals surface area contributed by atoms with Crippen molar-refractivity contribution in [3.8, 4) is 0 Å². The van der Waals surface area contributed by atoms with Gasteiger partial charge in [0, 0.05) is 49.1 Å². The van der Waals surface area contributed by atoms with Crippen molar-refractivity contribution in [3.63, 3.8) is 0 Å². The first-order valence-electron chi connectivity index (χ1n) is 15.4. The SMILES string of the molecule is CC(C)C(OC(=O)C(C)(C)CC(C)(C)C)N1C(=O)Cc2cc(CCN3CCN(c4nsc5ccccc45)CC3)c(Cl)cc21. The van der Waals surface area contributed by atoms with Gasteiger partial charge in [-0.3, -0.25) is 19.4 Å². The van der Waals surface area contributed by atoms with E-state index in [2.05, 4.69) is 60.9 Å². The van der Waals surface area contributed by atoms with Crippen molar-refractivity contribution in [3.05, 3.63) is 52.5 Å². The molecule has 0 N–H and O–H groups in total. The topological polar surface area (TPSA) is 66.0 Å². The zero-order valence-electron chi connectivity index (χ0n) is 26.6. The van der Waals surface area contributed by atoms with E-state index in [0.29, 0.717) is 11.4 Å². The van der Waals surface area contributed by atoms with E-state index in [9.17, 15) is 9.59 Å². The third-order valence-corrected chi connectivity index (χ3v) is 9.59. The lowest BCUT2D eigenvalue weighted by atomic mass is 9.76. The maximum absolute atomic E-state index is 13.3. The molecule has 5 rings (SSSR count). The number of piperazine rings is 1. The number of esters is 1. The maximum atomic E-state index is 13.3. The third-order valence-electron chi connectivity index (χ3n) is 8.42. The van der Waals surface area contributed by atoms with Gasteiger partial charge in [0.05, 0.1) is 22.2 Å². The molecule has 2 aliphatic heterocycles. The highest BCUT2D eigenvalue weighted by Gasteiger charge is 2.41. The Labute approximate surface area is 265 Å². The standard InChI is InChI=1S/C34H45ClN4O3S/c1-22(2)31(42-32(41)34(6,7)21-33(3,4)5)39-27-20-26(35)23(18-24(27)19-29(39)40)12-13-37-14-16-38(17-15-37)30-25-10-8-9-11-28(25)43-36-30/h8-11,18,20,22,31H,12-17,19,21H2,1-7H3. The number of nitrogens with zero attached hydrogens (tertiary/aromatic N) is 4. The molecule has 43 heavy (non-hydrogen) atoms. The number of aromatic nitrogens is 1. The number of carbonyl (C=O) groups excluding carboxylic acids is 2. The summed E-state index contributed by atoms with van der Waals surface area (Å²) in [7, 11) is 0. The number of benzene rings is 2. The van der Waals surface area contributed by atoms with E-state index < -0.39 is 11.6 Å². The predicted octanol–water partition coefficient (Wildman–Crippen LogP) is 7.19. The second kappa shape index (κ2) is 12.4. The Morgan fingerprint density at radius 3 is 2.44 bits per heavy atom. The summed E-state index contributed by atoms with van der Waals surface area (Å²) >= 11 is 8.40. The molecule has 3 aromatic rings. The van der Waals surface area contributed by atoms with Gasteiger partial charge in [0.1, 0.15) is 5.82 Å². The summed E-state index contributed by atoms with van der Waals surface area (Å²) in [6, 6.07) is 12.4. The average Bonchev–Trinajstić information content (AvgIpc) is 3.49. The smallest absolute Gasteiger partial charge is 0.313 e. The molecule has 0 spiro atoms. The fourth-order valence-corrected chi connectivity index (χ4v) is 7.64.